The summed E-state index contributed by atoms with van der Waals surface area (Å²) in [5.74, 6) is 1.98. The number of hydrogen-bond acceptors (Lipinski definition) is 2. The van der Waals surface area contributed by atoms with E-state index in [0.717, 1.165) is 23.9 Å². The minimum atomic E-state index is 0.861. The molecular formula is C15H28N2. The predicted octanol–water partition coefficient (Wildman–Crippen LogP) is 2.64. The van der Waals surface area contributed by atoms with Gasteiger partial charge < -0.3 is 5.32 Å². The molecule has 2 nitrogen and oxygen atoms in total. The Balaban J connectivity index is 1.55. The average Bonchev–Trinajstić information content (AvgIpc) is 3.01. The topological polar surface area (TPSA) is 15.3 Å². The van der Waals surface area contributed by atoms with Crippen molar-refractivity contribution < 1.29 is 0 Å². The van der Waals surface area contributed by atoms with Crippen molar-refractivity contribution in [2.45, 2.75) is 64.0 Å². The van der Waals surface area contributed by atoms with Crippen molar-refractivity contribution in [3.05, 3.63) is 0 Å². The summed E-state index contributed by atoms with van der Waals surface area (Å²) in [5.41, 5.74) is 0. The fraction of sp³-hybridized carbons (Fsp3) is 1.00. The lowest BCUT2D eigenvalue weighted by Crippen LogP contribution is -2.42. The summed E-state index contributed by atoms with van der Waals surface area (Å²) in [7, 11) is 0. The summed E-state index contributed by atoms with van der Waals surface area (Å²) in [6.45, 7) is 6.35. The highest BCUT2D eigenvalue weighted by molar-refractivity contribution is 4.93. The van der Waals surface area contributed by atoms with Crippen LogP contribution in [0.3, 0.4) is 0 Å². The molecule has 0 amide bonds. The Labute approximate surface area is 106 Å². The number of hydrogen-bond donors (Lipinski definition) is 1. The van der Waals surface area contributed by atoms with Crippen molar-refractivity contribution in [2.24, 2.45) is 11.8 Å². The molecule has 3 aliphatic rings. The number of nitrogens with zero attached hydrogens (tertiary/aromatic N) is 1. The number of rotatable bonds is 4. The molecule has 0 aromatic heterocycles. The Hall–Kier alpha value is -0.0800. The molecule has 3 atom stereocenters. The normalized spacial score (nSPS) is 38.8. The molecule has 1 aliphatic heterocycles. The van der Waals surface area contributed by atoms with Gasteiger partial charge in [-0.1, -0.05) is 19.8 Å². The van der Waals surface area contributed by atoms with E-state index in [2.05, 4.69) is 17.1 Å². The molecule has 98 valence electrons. The molecule has 2 saturated carbocycles. The van der Waals surface area contributed by atoms with Crippen LogP contribution in [0, 0.1) is 11.8 Å². The van der Waals surface area contributed by atoms with Crippen molar-refractivity contribution in [2.75, 3.05) is 19.6 Å². The van der Waals surface area contributed by atoms with Crippen LogP contribution in [0.15, 0.2) is 0 Å². The lowest BCUT2D eigenvalue weighted by molar-refractivity contribution is 0.136. The zero-order valence-corrected chi connectivity index (χ0v) is 11.3. The van der Waals surface area contributed by atoms with Gasteiger partial charge in [-0.05, 0) is 50.5 Å². The van der Waals surface area contributed by atoms with Crippen LogP contribution in [0.4, 0.5) is 0 Å². The van der Waals surface area contributed by atoms with Gasteiger partial charge in [0.2, 0.25) is 0 Å². The fourth-order valence-electron chi connectivity index (χ4n) is 3.95. The summed E-state index contributed by atoms with van der Waals surface area (Å²) in [5, 5.41) is 3.54. The van der Waals surface area contributed by atoms with Crippen molar-refractivity contribution in [1.29, 1.82) is 0 Å². The van der Waals surface area contributed by atoms with Crippen LogP contribution < -0.4 is 5.32 Å². The molecule has 0 bridgehead atoms. The van der Waals surface area contributed by atoms with Gasteiger partial charge in [-0.25, -0.2) is 0 Å². The lowest BCUT2D eigenvalue weighted by Gasteiger charge is -2.35. The van der Waals surface area contributed by atoms with Crippen LogP contribution in [-0.2, 0) is 0 Å². The zero-order valence-electron chi connectivity index (χ0n) is 11.3. The summed E-state index contributed by atoms with van der Waals surface area (Å²) in [4.78, 5) is 2.88. The third-order valence-corrected chi connectivity index (χ3v) is 5.03. The van der Waals surface area contributed by atoms with E-state index >= 15 is 0 Å². The molecule has 2 aliphatic carbocycles. The van der Waals surface area contributed by atoms with E-state index in [9.17, 15) is 0 Å². The number of nitrogens with one attached hydrogen (secondary N) is 1. The largest absolute Gasteiger partial charge is 0.315 e. The van der Waals surface area contributed by atoms with Crippen LogP contribution >= 0.6 is 0 Å². The molecule has 3 fully saturated rings. The second-order valence-corrected chi connectivity index (χ2v) is 6.71. The van der Waals surface area contributed by atoms with Gasteiger partial charge in [0.05, 0.1) is 0 Å². The Bertz CT molecular complexity index is 243. The third kappa shape index (κ3) is 3.03. The monoisotopic (exact) mass is 236 g/mol. The van der Waals surface area contributed by atoms with Gasteiger partial charge in [0, 0.05) is 25.2 Å². The van der Waals surface area contributed by atoms with E-state index < -0.39 is 0 Å². The minimum absolute atomic E-state index is 0.861. The summed E-state index contributed by atoms with van der Waals surface area (Å²) < 4.78 is 0. The van der Waals surface area contributed by atoms with Gasteiger partial charge >= 0.3 is 0 Å². The van der Waals surface area contributed by atoms with Crippen LogP contribution in [0.5, 0.6) is 0 Å². The van der Waals surface area contributed by atoms with Crippen molar-refractivity contribution in [1.82, 2.24) is 10.2 Å². The molecular weight excluding hydrogens is 208 g/mol. The van der Waals surface area contributed by atoms with Crippen LogP contribution in [0.2, 0.25) is 0 Å². The SMILES string of the molecule is CC1CCCC(CN(C2CC2)C2CCNC2)C1. The highest BCUT2D eigenvalue weighted by Crippen LogP contribution is 2.35. The second kappa shape index (κ2) is 5.27. The van der Waals surface area contributed by atoms with Gasteiger partial charge in [-0.3, -0.25) is 4.90 Å². The summed E-state index contributed by atoms with van der Waals surface area (Å²) in [6.07, 6.45) is 10.3. The minimum Gasteiger partial charge on any atom is -0.315 e. The molecule has 0 aromatic carbocycles. The molecule has 1 heterocycles. The highest BCUT2D eigenvalue weighted by Gasteiger charge is 2.36. The van der Waals surface area contributed by atoms with E-state index in [-0.39, 0.29) is 0 Å². The van der Waals surface area contributed by atoms with Gasteiger partial charge in [-0.2, -0.15) is 0 Å². The summed E-state index contributed by atoms with van der Waals surface area (Å²) in [6, 6.07) is 1.82. The Morgan fingerprint density at radius 2 is 1.94 bits per heavy atom. The smallest absolute Gasteiger partial charge is 0.0235 e. The first-order valence-corrected chi connectivity index (χ1v) is 7.79. The predicted molar refractivity (Wildman–Crippen MR) is 72.1 cm³/mol. The fourth-order valence-corrected chi connectivity index (χ4v) is 3.95. The van der Waals surface area contributed by atoms with Crippen molar-refractivity contribution in [3.63, 3.8) is 0 Å². The van der Waals surface area contributed by atoms with E-state index in [1.165, 1.54) is 64.6 Å². The van der Waals surface area contributed by atoms with Crippen LogP contribution in [0.1, 0.15) is 51.9 Å². The van der Waals surface area contributed by atoms with Gasteiger partial charge in [0.15, 0.2) is 0 Å². The molecule has 0 radical (unpaired) electrons. The first kappa shape index (κ1) is 12.0. The van der Waals surface area contributed by atoms with Crippen molar-refractivity contribution in [3.8, 4) is 0 Å². The van der Waals surface area contributed by atoms with Crippen molar-refractivity contribution >= 4 is 0 Å². The van der Waals surface area contributed by atoms with E-state index in [1.54, 1.807) is 0 Å². The molecule has 17 heavy (non-hydrogen) atoms. The maximum Gasteiger partial charge on any atom is 0.0235 e. The van der Waals surface area contributed by atoms with Gasteiger partial charge in [0.25, 0.3) is 0 Å². The van der Waals surface area contributed by atoms with Crippen LogP contribution in [0.25, 0.3) is 0 Å². The average molecular weight is 236 g/mol. The third-order valence-electron chi connectivity index (χ3n) is 5.03. The van der Waals surface area contributed by atoms with Gasteiger partial charge in [0.1, 0.15) is 0 Å². The highest BCUT2D eigenvalue weighted by atomic mass is 15.2. The van der Waals surface area contributed by atoms with Gasteiger partial charge in [-0.15, -0.1) is 0 Å². The maximum absolute atomic E-state index is 3.54. The van der Waals surface area contributed by atoms with E-state index in [4.69, 9.17) is 0 Å². The standard InChI is InChI=1S/C15H28N2/c1-12-3-2-4-13(9-12)11-17(14-5-6-14)15-7-8-16-10-15/h12-16H,2-11H2,1H3. The summed E-state index contributed by atoms with van der Waals surface area (Å²) >= 11 is 0. The Morgan fingerprint density at radius 3 is 2.59 bits per heavy atom. The van der Waals surface area contributed by atoms with E-state index in [1.807, 2.05) is 0 Å². The molecule has 0 spiro atoms. The maximum atomic E-state index is 3.54. The lowest BCUT2D eigenvalue weighted by atomic mass is 9.82. The molecule has 1 saturated heterocycles. The molecule has 3 rings (SSSR count). The first-order valence-electron chi connectivity index (χ1n) is 7.79. The molecule has 3 unspecified atom stereocenters. The quantitative estimate of drug-likeness (QED) is 0.807. The Morgan fingerprint density at radius 1 is 1.06 bits per heavy atom. The zero-order chi connectivity index (χ0) is 11.7. The Kier molecular flexibility index (Phi) is 3.72. The molecule has 2 heteroatoms. The second-order valence-electron chi connectivity index (χ2n) is 6.71. The van der Waals surface area contributed by atoms with E-state index in [0.29, 0.717) is 0 Å². The first-order chi connectivity index (χ1) is 8.33. The molecule has 0 aromatic rings. The van der Waals surface area contributed by atoms with Crippen LogP contribution in [-0.4, -0.2) is 36.6 Å². The molecule has 1 N–H and O–H groups in total.